The predicted molar refractivity (Wildman–Crippen MR) is 142 cm³/mol. The summed E-state index contributed by atoms with van der Waals surface area (Å²) in [4.78, 5) is 7.63. The first-order chi connectivity index (χ1) is 16.4. The first-order valence-corrected chi connectivity index (χ1v) is 12.3. The van der Waals surface area contributed by atoms with E-state index in [4.69, 9.17) is 11.5 Å². The molecule has 1 aliphatic heterocycles. The average Bonchev–Trinajstić information content (AvgIpc) is 3.27. The molecule has 8 heteroatoms. The number of nitrogens with two attached hydrogens (primary N) is 2. The van der Waals surface area contributed by atoms with Gasteiger partial charge in [0, 0.05) is 68.6 Å². The molecule has 190 valence electrons. The molecule has 0 spiro atoms. The van der Waals surface area contributed by atoms with Gasteiger partial charge in [-0.15, -0.1) is 0 Å². The number of rotatable bonds is 6. The predicted octanol–water partition coefficient (Wildman–Crippen LogP) is -0.183. The van der Waals surface area contributed by atoms with Crippen LogP contribution in [-0.2, 0) is 13.6 Å². The summed E-state index contributed by atoms with van der Waals surface area (Å²) in [6.45, 7) is 12.4. The maximum atomic E-state index is 6.10. The molecule has 0 bridgehead atoms. The van der Waals surface area contributed by atoms with E-state index in [2.05, 4.69) is 87.7 Å². The summed E-state index contributed by atoms with van der Waals surface area (Å²) >= 11 is 0. The van der Waals surface area contributed by atoms with Gasteiger partial charge in [0.25, 0.3) is 0 Å². The summed E-state index contributed by atoms with van der Waals surface area (Å²) in [7, 11) is 2.07. The molecule has 0 saturated carbocycles. The fourth-order valence-corrected chi connectivity index (χ4v) is 4.67. The molecule has 0 unspecified atom stereocenters. The van der Waals surface area contributed by atoms with E-state index in [0.29, 0.717) is 0 Å². The van der Waals surface area contributed by atoms with Gasteiger partial charge in [0.05, 0.1) is 13.6 Å². The summed E-state index contributed by atoms with van der Waals surface area (Å²) in [6, 6.07) is 12.8. The van der Waals surface area contributed by atoms with Crippen LogP contribution < -0.4 is 38.2 Å². The fraction of sp³-hybridized carbons (Fsp3) is 0.444. The second-order valence-corrected chi connectivity index (χ2v) is 9.57. The maximum absolute atomic E-state index is 6.10. The standard InChI is InChI=1S/C27H40N7.ClH/c1-22-19-24(5-7-26(22)28)33-15-13-31(9-4-10-32-12-11-30(3)21-32)14-16-34(18-17-33)25-6-8-27(29)23(2)20-25;/h5-8,11-12,19-21H,4,9-10,13-18,28-29H2,1-3H3;1H/q+1;/p-1. The quantitative estimate of drug-likeness (QED) is 0.365. The van der Waals surface area contributed by atoms with Gasteiger partial charge in [-0.2, -0.15) is 0 Å². The van der Waals surface area contributed by atoms with Crippen molar-refractivity contribution >= 4 is 22.7 Å². The average molecular weight is 498 g/mol. The molecule has 4 rings (SSSR count). The first kappa shape index (κ1) is 26.7. The molecule has 1 aliphatic rings. The van der Waals surface area contributed by atoms with Gasteiger partial charge in [-0.05, 0) is 67.8 Å². The van der Waals surface area contributed by atoms with E-state index in [1.54, 1.807) is 0 Å². The van der Waals surface area contributed by atoms with Crippen molar-refractivity contribution in [1.29, 1.82) is 0 Å². The molecule has 0 aliphatic carbocycles. The number of nitrogen functional groups attached to an aromatic ring is 2. The number of aryl methyl sites for hydroxylation is 4. The van der Waals surface area contributed by atoms with Crippen molar-refractivity contribution in [2.75, 3.05) is 67.1 Å². The maximum Gasteiger partial charge on any atom is 0.243 e. The Kier molecular flexibility index (Phi) is 9.29. The third kappa shape index (κ3) is 7.05. The number of hydrogen-bond acceptors (Lipinski definition) is 5. The second kappa shape index (κ2) is 12.2. The summed E-state index contributed by atoms with van der Waals surface area (Å²) in [5.41, 5.74) is 18.7. The smallest absolute Gasteiger partial charge is 0.243 e. The van der Waals surface area contributed by atoms with Gasteiger partial charge >= 0.3 is 0 Å². The zero-order valence-electron chi connectivity index (χ0n) is 21.3. The summed E-state index contributed by atoms with van der Waals surface area (Å²) < 4.78 is 4.36. The monoisotopic (exact) mass is 497 g/mol. The minimum atomic E-state index is 0. The summed E-state index contributed by atoms with van der Waals surface area (Å²) in [5, 5.41) is 0. The van der Waals surface area contributed by atoms with Gasteiger partial charge in [0.1, 0.15) is 12.4 Å². The Bertz CT molecular complexity index is 1030. The number of nitrogens with zero attached hydrogens (tertiary/aromatic N) is 5. The molecule has 4 N–H and O–H groups in total. The number of benzene rings is 2. The Labute approximate surface area is 216 Å². The molecule has 0 amide bonds. The van der Waals surface area contributed by atoms with Gasteiger partial charge in [-0.25, -0.2) is 9.13 Å². The van der Waals surface area contributed by atoms with Crippen LogP contribution in [0.3, 0.4) is 0 Å². The first-order valence-electron chi connectivity index (χ1n) is 12.3. The van der Waals surface area contributed by atoms with Gasteiger partial charge in [-0.3, -0.25) is 4.90 Å². The van der Waals surface area contributed by atoms with Gasteiger partial charge in [0.15, 0.2) is 0 Å². The van der Waals surface area contributed by atoms with Crippen LogP contribution in [-0.4, -0.2) is 55.3 Å². The largest absolute Gasteiger partial charge is 1.00 e. The highest BCUT2D eigenvalue weighted by Crippen LogP contribution is 2.24. The molecule has 35 heavy (non-hydrogen) atoms. The van der Waals surface area contributed by atoms with Gasteiger partial charge in [0.2, 0.25) is 6.33 Å². The molecule has 0 atom stereocenters. The topological polar surface area (TPSA) is 70.6 Å². The highest BCUT2D eigenvalue weighted by molar-refractivity contribution is 5.60. The van der Waals surface area contributed by atoms with E-state index in [0.717, 1.165) is 81.3 Å². The van der Waals surface area contributed by atoms with Crippen LogP contribution in [0.15, 0.2) is 55.1 Å². The van der Waals surface area contributed by atoms with Crippen molar-refractivity contribution in [3.63, 3.8) is 0 Å². The second-order valence-electron chi connectivity index (χ2n) is 9.57. The lowest BCUT2D eigenvalue weighted by Crippen LogP contribution is -3.00. The molecular weight excluding hydrogens is 458 g/mol. The van der Waals surface area contributed by atoms with Crippen molar-refractivity contribution in [2.45, 2.75) is 26.8 Å². The number of imidazole rings is 1. The van der Waals surface area contributed by atoms with E-state index >= 15 is 0 Å². The lowest BCUT2D eigenvalue weighted by Gasteiger charge is -2.29. The number of halogens is 1. The van der Waals surface area contributed by atoms with Crippen LogP contribution in [0.2, 0.25) is 0 Å². The molecule has 1 aromatic heterocycles. The highest BCUT2D eigenvalue weighted by Gasteiger charge is 2.18. The minimum Gasteiger partial charge on any atom is -1.00 e. The number of hydrogen-bond donors (Lipinski definition) is 2. The summed E-state index contributed by atoms with van der Waals surface area (Å²) in [6.07, 6.45) is 7.53. The van der Waals surface area contributed by atoms with E-state index in [1.807, 2.05) is 12.1 Å². The Hall–Kier alpha value is -2.90. The lowest BCUT2D eigenvalue weighted by molar-refractivity contribution is -0.671. The fourth-order valence-electron chi connectivity index (χ4n) is 4.67. The van der Waals surface area contributed by atoms with Crippen LogP contribution in [0, 0.1) is 13.8 Å². The van der Waals surface area contributed by atoms with E-state index in [1.165, 1.54) is 11.4 Å². The molecule has 2 heterocycles. The highest BCUT2D eigenvalue weighted by atomic mass is 35.5. The van der Waals surface area contributed by atoms with Crippen molar-refractivity contribution in [3.8, 4) is 0 Å². The zero-order valence-corrected chi connectivity index (χ0v) is 22.1. The number of anilines is 4. The zero-order chi connectivity index (χ0) is 24.1. The third-order valence-corrected chi connectivity index (χ3v) is 6.96. The normalized spacial score (nSPS) is 15.3. The van der Waals surface area contributed by atoms with Crippen LogP contribution >= 0.6 is 0 Å². The Balaban J connectivity index is 0.00000342. The number of aromatic nitrogens is 2. The van der Waals surface area contributed by atoms with Crippen molar-refractivity contribution in [1.82, 2.24) is 9.47 Å². The minimum absolute atomic E-state index is 0. The molecule has 1 saturated heterocycles. The van der Waals surface area contributed by atoms with Gasteiger partial charge < -0.3 is 33.7 Å². The van der Waals surface area contributed by atoms with Crippen LogP contribution in [0.5, 0.6) is 0 Å². The molecular formula is C27H40ClN7. The van der Waals surface area contributed by atoms with Crippen molar-refractivity contribution in [2.24, 2.45) is 7.05 Å². The van der Waals surface area contributed by atoms with Crippen molar-refractivity contribution in [3.05, 3.63) is 66.2 Å². The van der Waals surface area contributed by atoms with Gasteiger partial charge in [-0.1, -0.05) is 0 Å². The molecule has 2 aromatic carbocycles. The molecule has 1 fully saturated rings. The van der Waals surface area contributed by atoms with Crippen LogP contribution in [0.1, 0.15) is 17.5 Å². The lowest BCUT2D eigenvalue weighted by atomic mass is 10.1. The summed E-state index contributed by atoms with van der Waals surface area (Å²) in [5.74, 6) is 0. The SMILES string of the molecule is Cc1cc(N2CCN(CCCn3cc[n+](C)c3)CCN(c3ccc(N)c(C)c3)CC2)ccc1N.[Cl-]. The molecule has 3 aromatic rings. The van der Waals surface area contributed by atoms with E-state index < -0.39 is 0 Å². The Morgan fingerprint density at radius 1 is 0.771 bits per heavy atom. The molecule has 0 radical (unpaired) electrons. The van der Waals surface area contributed by atoms with Crippen molar-refractivity contribution < 1.29 is 17.0 Å². The Morgan fingerprint density at radius 2 is 1.29 bits per heavy atom. The van der Waals surface area contributed by atoms with E-state index in [9.17, 15) is 0 Å². The van der Waals surface area contributed by atoms with E-state index in [-0.39, 0.29) is 12.4 Å². The Morgan fingerprint density at radius 3 is 1.74 bits per heavy atom. The van der Waals surface area contributed by atoms with Crippen LogP contribution in [0.25, 0.3) is 0 Å². The third-order valence-electron chi connectivity index (χ3n) is 6.96. The molecule has 7 nitrogen and oxygen atoms in total. The van der Waals surface area contributed by atoms with Crippen LogP contribution in [0.4, 0.5) is 22.7 Å².